The molecule has 3 aromatic carbocycles. The smallest absolute Gasteiger partial charge is 0.335 e. The Morgan fingerprint density at radius 1 is 0.893 bits per heavy atom. The molecule has 3 N–H and O–H groups in total. The summed E-state index contributed by atoms with van der Waals surface area (Å²) in [5, 5.41) is 21.0. The number of carboxylic acid groups (broad SMARTS) is 1. The molecular weight excluding hydrogens is 361 g/mol. The molecule has 0 bridgehead atoms. The number of rotatable bonds is 6. The van der Waals surface area contributed by atoms with Gasteiger partial charge in [-0.25, -0.2) is 9.18 Å². The topological polar surface area (TPSA) is 86.6 Å². The number of halogens is 1. The molecule has 0 saturated heterocycles. The van der Waals surface area contributed by atoms with Crippen molar-refractivity contribution in [3.63, 3.8) is 0 Å². The maximum Gasteiger partial charge on any atom is 0.335 e. The summed E-state index contributed by atoms with van der Waals surface area (Å²) in [6.45, 7) is 0.0176. The number of aromatic carboxylic acids is 1. The fraction of sp³-hybridized carbons (Fsp3) is 0.0909. The highest BCUT2D eigenvalue weighted by atomic mass is 19.1. The highest BCUT2D eigenvalue weighted by molar-refractivity contribution is 5.97. The highest BCUT2D eigenvalue weighted by Crippen LogP contribution is 2.25. The van der Waals surface area contributed by atoms with Gasteiger partial charge in [-0.3, -0.25) is 4.79 Å². The first-order valence-electron chi connectivity index (χ1n) is 8.58. The van der Waals surface area contributed by atoms with Crippen molar-refractivity contribution in [1.29, 1.82) is 0 Å². The molecule has 5 nitrogen and oxygen atoms in total. The minimum Gasteiger partial charge on any atom is -0.478 e. The number of hydrogen-bond acceptors (Lipinski definition) is 3. The SMILES string of the molecule is O=C(O)c1cccc(C(=O)NCc2ccc(F)c(-c3cccc(CO)c3)c2)c1. The Bertz CT molecular complexity index is 1030. The number of carbonyl (C=O) groups is 2. The van der Waals surface area contributed by atoms with Crippen molar-refractivity contribution in [3.8, 4) is 11.1 Å². The average Bonchev–Trinajstić information content (AvgIpc) is 2.73. The predicted molar refractivity (Wildman–Crippen MR) is 102 cm³/mol. The van der Waals surface area contributed by atoms with E-state index in [9.17, 15) is 19.1 Å². The van der Waals surface area contributed by atoms with E-state index in [-0.39, 0.29) is 24.3 Å². The van der Waals surface area contributed by atoms with E-state index in [2.05, 4.69) is 5.32 Å². The third kappa shape index (κ3) is 4.42. The van der Waals surface area contributed by atoms with Gasteiger partial charge in [0.15, 0.2) is 0 Å². The predicted octanol–water partition coefficient (Wildman–Crippen LogP) is 3.61. The molecule has 28 heavy (non-hydrogen) atoms. The van der Waals surface area contributed by atoms with E-state index >= 15 is 0 Å². The lowest BCUT2D eigenvalue weighted by atomic mass is 10.0. The Labute approximate surface area is 161 Å². The van der Waals surface area contributed by atoms with Gasteiger partial charge in [-0.15, -0.1) is 0 Å². The Hall–Kier alpha value is -3.51. The summed E-state index contributed by atoms with van der Waals surface area (Å²) in [5.41, 5.74) is 2.63. The number of nitrogens with one attached hydrogen (secondary N) is 1. The van der Waals surface area contributed by atoms with Crippen LogP contribution in [0.3, 0.4) is 0 Å². The van der Waals surface area contributed by atoms with Crippen molar-refractivity contribution in [2.45, 2.75) is 13.2 Å². The maximum absolute atomic E-state index is 14.3. The molecule has 3 rings (SSSR count). The minimum atomic E-state index is -1.11. The molecule has 0 aliphatic carbocycles. The third-order valence-electron chi connectivity index (χ3n) is 4.28. The standard InChI is InChI=1S/C22H18FNO4/c23-20-8-7-14(10-19(20)16-4-1-3-15(9-16)13-25)12-24-21(26)17-5-2-6-18(11-17)22(27)28/h1-11,25H,12-13H2,(H,24,26)(H,27,28). The summed E-state index contributed by atoms with van der Waals surface area (Å²) in [6, 6.07) is 17.2. The van der Waals surface area contributed by atoms with Gasteiger partial charge in [0.2, 0.25) is 0 Å². The summed E-state index contributed by atoms with van der Waals surface area (Å²) in [5.74, 6) is -1.93. The van der Waals surface area contributed by atoms with E-state index < -0.39 is 17.7 Å². The summed E-state index contributed by atoms with van der Waals surface area (Å²) in [6.07, 6.45) is 0. The quantitative estimate of drug-likeness (QED) is 0.611. The van der Waals surface area contributed by atoms with Crippen molar-refractivity contribution in [2.75, 3.05) is 0 Å². The van der Waals surface area contributed by atoms with Crippen molar-refractivity contribution in [1.82, 2.24) is 5.32 Å². The average molecular weight is 379 g/mol. The van der Waals surface area contributed by atoms with Crippen molar-refractivity contribution < 1.29 is 24.2 Å². The second-order valence-corrected chi connectivity index (χ2v) is 6.24. The second-order valence-electron chi connectivity index (χ2n) is 6.24. The monoisotopic (exact) mass is 379 g/mol. The first-order chi connectivity index (χ1) is 13.5. The summed E-state index contributed by atoms with van der Waals surface area (Å²) in [4.78, 5) is 23.3. The van der Waals surface area contributed by atoms with Crippen molar-refractivity contribution >= 4 is 11.9 Å². The molecule has 0 radical (unpaired) electrons. The first kappa shape index (κ1) is 19.3. The third-order valence-corrected chi connectivity index (χ3v) is 4.28. The lowest BCUT2D eigenvalue weighted by Gasteiger charge is -2.10. The largest absolute Gasteiger partial charge is 0.478 e. The van der Waals surface area contributed by atoms with Gasteiger partial charge in [0.25, 0.3) is 5.91 Å². The molecule has 1 amide bonds. The lowest BCUT2D eigenvalue weighted by molar-refractivity contribution is 0.0697. The molecule has 0 unspecified atom stereocenters. The van der Waals surface area contributed by atoms with Gasteiger partial charge in [-0.2, -0.15) is 0 Å². The van der Waals surface area contributed by atoms with E-state index in [4.69, 9.17) is 5.11 Å². The van der Waals surface area contributed by atoms with Crippen LogP contribution in [-0.4, -0.2) is 22.1 Å². The van der Waals surface area contributed by atoms with Crippen LogP contribution in [0.1, 0.15) is 31.8 Å². The molecule has 0 atom stereocenters. The number of benzene rings is 3. The number of carboxylic acids is 1. The van der Waals surface area contributed by atoms with E-state index in [1.54, 1.807) is 36.4 Å². The van der Waals surface area contributed by atoms with Gasteiger partial charge >= 0.3 is 5.97 Å². The minimum absolute atomic E-state index is 0.0282. The fourth-order valence-electron chi connectivity index (χ4n) is 2.82. The first-order valence-corrected chi connectivity index (χ1v) is 8.58. The molecular formula is C22H18FNO4. The summed E-state index contributed by atoms with van der Waals surface area (Å²) >= 11 is 0. The summed E-state index contributed by atoms with van der Waals surface area (Å²) in [7, 11) is 0. The molecule has 3 aromatic rings. The number of hydrogen-bond donors (Lipinski definition) is 3. The Morgan fingerprint density at radius 3 is 2.39 bits per heavy atom. The lowest BCUT2D eigenvalue weighted by Crippen LogP contribution is -2.23. The number of aliphatic hydroxyl groups excluding tert-OH is 1. The number of aliphatic hydroxyl groups is 1. The zero-order valence-electron chi connectivity index (χ0n) is 14.9. The molecule has 0 aliphatic rings. The van der Waals surface area contributed by atoms with E-state index in [0.29, 0.717) is 22.3 Å². The van der Waals surface area contributed by atoms with Crippen LogP contribution >= 0.6 is 0 Å². The van der Waals surface area contributed by atoms with Gasteiger partial charge < -0.3 is 15.5 Å². The van der Waals surface area contributed by atoms with Crippen LogP contribution in [0, 0.1) is 5.82 Å². The molecule has 0 fully saturated rings. The molecule has 0 saturated carbocycles. The van der Waals surface area contributed by atoms with Crippen molar-refractivity contribution in [3.05, 3.63) is 94.8 Å². The highest BCUT2D eigenvalue weighted by Gasteiger charge is 2.11. The van der Waals surface area contributed by atoms with Crippen LogP contribution in [0.2, 0.25) is 0 Å². The van der Waals surface area contributed by atoms with Crippen LogP contribution < -0.4 is 5.32 Å². The van der Waals surface area contributed by atoms with Gasteiger partial charge in [-0.05, 0) is 53.1 Å². The van der Waals surface area contributed by atoms with Crippen LogP contribution in [0.5, 0.6) is 0 Å². The number of amides is 1. The Balaban J connectivity index is 1.77. The van der Waals surface area contributed by atoms with E-state index in [1.165, 1.54) is 30.3 Å². The molecule has 0 heterocycles. The van der Waals surface area contributed by atoms with Gasteiger partial charge in [0.1, 0.15) is 5.82 Å². The zero-order chi connectivity index (χ0) is 20.1. The van der Waals surface area contributed by atoms with Crippen LogP contribution in [0.25, 0.3) is 11.1 Å². The van der Waals surface area contributed by atoms with Gasteiger partial charge in [0.05, 0.1) is 12.2 Å². The molecule has 6 heteroatoms. The molecule has 0 spiro atoms. The number of carbonyl (C=O) groups excluding carboxylic acids is 1. The zero-order valence-corrected chi connectivity index (χ0v) is 14.9. The summed E-state index contributed by atoms with van der Waals surface area (Å²) < 4.78 is 14.3. The second kappa shape index (κ2) is 8.45. The van der Waals surface area contributed by atoms with Gasteiger partial charge in [0, 0.05) is 17.7 Å². The van der Waals surface area contributed by atoms with E-state index in [0.717, 1.165) is 0 Å². The maximum atomic E-state index is 14.3. The van der Waals surface area contributed by atoms with Crippen LogP contribution in [-0.2, 0) is 13.2 Å². The molecule has 0 aliphatic heterocycles. The molecule has 142 valence electrons. The van der Waals surface area contributed by atoms with E-state index in [1.807, 2.05) is 0 Å². The van der Waals surface area contributed by atoms with Crippen LogP contribution in [0.15, 0.2) is 66.7 Å². The van der Waals surface area contributed by atoms with Crippen LogP contribution in [0.4, 0.5) is 4.39 Å². The Morgan fingerprint density at radius 2 is 1.64 bits per heavy atom. The fourth-order valence-corrected chi connectivity index (χ4v) is 2.82. The Kier molecular flexibility index (Phi) is 5.81. The molecule has 0 aromatic heterocycles. The van der Waals surface area contributed by atoms with Crippen molar-refractivity contribution in [2.24, 2.45) is 0 Å². The van der Waals surface area contributed by atoms with Gasteiger partial charge in [-0.1, -0.05) is 30.3 Å². The normalized spacial score (nSPS) is 10.5.